The molecule has 68 valence electrons. The summed E-state index contributed by atoms with van der Waals surface area (Å²) in [6, 6.07) is 4.84. The van der Waals surface area contributed by atoms with E-state index in [1.807, 2.05) is 0 Å². The van der Waals surface area contributed by atoms with Crippen molar-refractivity contribution in [1.82, 2.24) is 0 Å². The molecular formula is C8H11BN2O2. The van der Waals surface area contributed by atoms with Gasteiger partial charge in [0.1, 0.15) is 0 Å². The largest absolute Gasteiger partial charge is 0.488 e. The molecular weight excluding hydrogens is 167 g/mol. The molecule has 0 aliphatic heterocycles. The molecule has 0 aliphatic carbocycles. The fourth-order valence-electron chi connectivity index (χ4n) is 1.08. The molecule has 13 heavy (non-hydrogen) atoms. The van der Waals surface area contributed by atoms with E-state index in [0.717, 1.165) is 0 Å². The summed E-state index contributed by atoms with van der Waals surface area (Å²) in [6.45, 7) is 0. The Morgan fingerprint density at radius 3 is 2.62 bits per heavy atom. The minimum atomic E-state index is -1.47. The fourth-order valence-corrected chi connectivity index (χ4v) is 1.08. The smallest absolute Gasteiger partial charge is 0.423 e. The maximum atomic E-state index is 8.88. The molecule has 0 fully saturated rings. The molecule has 0 radical (unpaired) electrons. The molecule has 5 heteroatoms. The molecule has 0 atom stereocenters. The van der Waals surface area contributed by atoms with Gasteiger partial charge < -0.3 is 20.8 Å². The minimum Gasteiger partial charge on any atom is -0.423 e. The Morgan fingerprint density at radius 1 is 1.46 bits per heavy atom. The summed E-state index contributed by atoms with van der Waals surface area (Å²) in [4.78, 5) is 0. The predicted molar refractivity (Wildman–Crippen MR) is 53.7 cm³/mol. The highest BCUT2D eigenvalue weighted by Crippen LogP contribution is 2.09. The third-order valence-corrected chi connectivity index (χ3v) is 1.80. The van der Waals surface area contributed by atoms with Gasteiger partial charge in [0.05, 0.1) is 0 Å². The molecule has 0 aliphatic rings. The van der Waals surface area contributed by atoms with E-state index in [4.69, 9.17) is 15.5 Å². The van der Waals surface area contributed by atoms with Crippen LogP contribution in [0, 0.1) is 5.41 Å². The summed E-state index contributed by atoms with van der Waals surface area (Å²) in [5, 5.41) is 27.7. The molecule has 1 rings (SSSR count). The second-order valence-corrected chi connectivity index (χ2v) is 2.61. The van der Waals surface area contributed by atoms with Gasteiger partial charge in [0.15, 0.2) is 0 Å². The second-order valence-electron chi connectivity index (χ2n) is 2.61. The van der Waals surface area contributed by atoms with Crippen molar-refractivity contribution in [1.29, 1.82) is 5.41 Å². The van der Waals surface area contributed by atoms with E-state index in [-0.39, 0.29) is 0 Å². The Kier molecular flexibility index (Phi) is 3.05. The molecule has 0 unspecified atom stereocenters. The van der Waals surface area contributed by atoms with E-state index in [1.54, 1.807) is 25.2 Å². The third-order valence-electron chi connectivity index (χ3n) is 1.80. The number of rotatable bonds is 3. The van der Waals surface area contributed by atoms with Gasteiger partial charge in [-0.1, -0.05) is 12.1 Å². The van der Waals surface area contributed by atoms with E-state index >= 15 is 0 Å². The van der Waals surface area contributed by atoms with Gasteiger partial charge >= 0.3 is 7.12 Å². The number of hydrogen-bond acceptors (Lipinski definition) is 4. The minimum absolute atomic E-state index is 0.412. The van der Waals surface area contributed by atoms with Crippen LogP contribution in [0.2, 0.25) is 0 Å². The van der Waals surface area contributed by atoms with Crippen LogP contribution in [0.3, 0.4) is 0 Å². The Balaban J connectivity index is 3.12. The van der Waals surface area contributed by atoms with Crippen LogP contribution in [-0.2, 0) is 0 Å². The highest BCUT2D eigenvalue weighted by Gasteiger charge is 2.11. The first-order chi connectivity index (χ1) is 6.19. The molecule has 0 spiro atoms. The normalized spacial score (nSPS) is 9.46. The lowest BCUT2D eigenvalue weighted by Gasteiger charge is -2.07. The van der Waals surface area contributed by atoms with Crippen LogP contribution in [0.4, 0.5) is 5.69 Å². The van der Waals surface area contributed by atoms with Crippen molar-refractivity contribution in [3.63, 3.8) is 0 Å². The molecule has 0 saturated carbocycles. The number of hydrogen-bond donors (Lipinski definition) is 4. The lowest BCUT2D eigenvalue weighted by Crippen LogP contribution is -2.30. The van der Waals surface area contributed by atoms with E-state index < -0.39 is 7.12 Å². The zero-order valence-electron chi connectivity index (χ0n) is 7.28. The summed E-state index contributed by atoms with van der Waals surface area (Å²) >= 11 is 0. The molecule has 1 aromatic carbocycles. The van der Waals surface area contributed by atoms with Crippen LogP contribution in [0.25, 0.3) is 0 Å². The van der Waals surface area contributed by atoms with Gasteiger partial charge in [0.2, 0.25) is 0 Å². The zero-order chi connectivity index (χ0) is 9.84. The van der Waals surface area contributed by atoms with Crippen molar-refractivity contribution >= 4 is 24.5 Å². The van der Waals surface area contributed by atoms with Gasteiger partial charge in [0, 0.05) is 24.5 Å². The Hall–Kier alpha value is -1.33. The van der Waals surface area contributed by atoms with Gasteiger partial charge in [-0.3, -0.25) is 0 Å². The van der Waals surface area contributed by atoms with E-state index in [0.29, 0.717) is 16.7 Å². The van der Waals surface area contributed by atoms with Crippen LogP contribution in [0.1, 0.15) is 5.56 Å². The van der Waals surface area contributed by atoms with Gasteiger partial charge in [-0.05, 0) is 11.5 Å². The maximum absolute atomic E-state index is 8.88. The SMILES string of the molecule is CNc1cc(B(O)O)ccc1C=N. The Labute approximate surface area is 76.9 Å². The molecule has 0 bridgehead atoms. The average Bonchev–Trinajstić information content (AvgIpc) is 2.16. The van der Waals surface area contributed by atoms with Crippen LogP contribution < -0.4 is 10.8 Å². The molecule has 4 nitrogen and oxygen atoms in total. The lowest BCUT2D eigenvalue weighted by atomic mass is 9.79. The van der Waals surface area contributed by atoms with Gasteiger partial charge in [-0.25, -0.2) is 0 Å². The first-order valence-electron chi connectivity index (χ1n) is 3.87. The van der Waals surface area contributed by atoms with Crippen molar-refractivity contribution in [3.05, 3.63) is 23.8 Å². The predicted octanol–water partition coefficient (Wildman–Crippen LogP) is -0.594. The lowest BCUT2D eigenvalue weighted by molar-refractivity contribution is 0.426. The standard InChI is InChI=1S/C8H11BN2O2/c1-11-8-4-7(9(12)13)3-2-6(8)5-10/h2-5,10-13H,1H3. The van der Waals surface area contributed by atoms with E-state index in [9.17, 15) is 0 Å². The highest BCUT2D eigenvalue weighted by atomic mass is 16.4. The number of anilines is 1. The number of nitrogens with one attached hydrogen (secondary N) is 2. The average molecular weight is 178 g/mol. The zero-order valence-corrected chi connectivity index (χ0v) is 7.28. The Bertz CT molecular complexity index is 315. The van der Waals surface area contributed by atoms with Crippen molar-refractivity contribution < 1.29 is 10.0 Å². The molecule has 4 N–H and O–H groups in total. The summed E-state index contributed by atoms with van der Waals surface area (Å²) in [5.41, 5.74) is 1.84. The monoisotopic (exact) mass is 178 g/mol. The summed E-state index contributed by atoms with van der Waals surface area (Å²) < 4.78 is 0. The Morgan fingerprint density at radius 2 is 2.15 bits per heavy atom. The summed E-state index contributed by atoms with van der Waals surface area (Å²) in [6.07, 6.45) is 1.21. The van der Waals surface area contributed by atoms with Gasteiger partial charge in [0.25, 0.3) is 0 Å². The fraction of sp³-hybridized carbons (Fsp3) is 0.125. The number of benzene rings is 1. The van der Waals surface area contributed by atoms with Crippen LogP contribution >= 0.6 is 0 Å². The summed E-state index contributed by atoms with van der Waals surface area (Å²) in [7, 11) is 0.252. The molecule has 1 aromatic rings. The molecule has 0 aromatic heterocycles. The first kappa shape index (κ1) is 9.76. The van der Waals surface area contributed by atoms with Crippen LogP contribution in [0.5, 0.6) is 0 Å². The van der Waals surface area contributed by atoms with Crippen molar-refractivity contribution in [2.75, 3.05) is 12.4 Å². The van der Waals surface area contributed by atoms with Crippen molar-refractivity contribution in [2.24, 2.45) is 0 Å². The van der Waals surface area contributed by atoms with Gasteiger partial charge in [-0.15, -0.1) is 0 Å². The van der Waals surface area contributed by atoms with Crippen molar-refractivity contribution in [2.45, 2.75) is 0 Å². The quantitative estimate of drug-likeness (QED) is 0.369. The molecule has 0 saturated heterocycles. The summed E-state index contributed by atoms with van der Waals surface area (Å²) in [5.74, 6) is 0. The molecule has 0 amide bonds. The van der Waals surface area contributed by atoms with Crippen molar-refractivity contribution in [3.8, 4) is 0 Å². The molecule has 0 heterocycles. The van der Waals surface area contributed by atoms with Crippen LogP contribution in [0.15, 0.2) is 18.2 Å². The van der Waals surface area contributed by atoms with E-state index in [2.05, 4.69) is 5.32 Å². The second kappa shape index (κ2) is 4.07. The maximum Gasteiger partial charge on any atom is 0.488 e. The first-order valence-corrected chi connectivity index (χ1v) is 3.87. The van der Waals surface area contributed by atoms with Crippen LogP contribution in [-0.4, -0.2) is 30.4 Å². The highest BCUT2D eigenvalue weighted by molar-refractivity contribution is 6.58. The topological polar surface area (TPSA) is 76.3 Å². The van der Waals surface area contributed by atoms with E-state index in [1.165, 1.54) is 6.21 Å². The third kappa shape index (κ3) is 2.08. The van der Waals surface area contributed by atoms with Gasteiger partial charge in [-0.2, -0.15) is 0 Å².